The number of hydrogen-bond donors (Lipinski definition) is 1. The summed E-state index contributed by atoms with van der Waals surface area (Å²) in [5.74, 6) is 0.629. The second-order valence-electron chi connectivity index (χ2n) is 8.39. The summed E-state index contributed by atoms with van der Waals surface area (Å²) < 4.78 is 17.1. The minimum Gasteiger partial charge on any atom is -0.485 e. The van der Waals surface area contributed by atoms with E-state index in [0.717, 1.165) is 29.5 Å². The molecule has 34 heavy (non-hydrogen) atoms. The third-order valence-electron chi connectivity index (χ3n) is 5.67. The van der Waals surface area contributed by atoms with Gasteiger partial charge in [0, 0.05) is 12.3 Å². The number of carbonyl (C=O) groups excluding carboxylic acids is 2. The van der Waals surface area contributed by atoms with Crippen molar-refractivity contribution in [2.75, 3.05) is 7.11 Å². The Balaban J connectivity index is 1.51. The fourth-order valence-corrected chi connectivity index (χ4v) is 3.59. The normalized spacial score (nSPS) is 13.6. The number of esters is 1. The summed E-state index contributed by atoms with van der Waals surface area (Å²) in [6, 6.07) is 24.6. The molecule has 3 aromatic rings. The van der Waals surface area contributed by atoms with Crippen LogP contribution in [0.2, 0.25) is 0 Å². The van der Waals surface area contributed by atoms with Gasteiger partial charge in [-0.15, -0.1) is 0 Å². The Labute approximate surface area is 199 Å². The molecule has 0 radical (unpaired) electrons. The van der Waals surface area contributed by atoms with Gasteiger partial charge in [-0.2, -0.15) is 0 Å². The lowest BCUT2D eigenvalue weighted by atomic mass is 10.0. The average Bonchev–Trinajstić information content (AvgIpc) is 3.73. The summed E-state index contributed by atoms with van der Waals surface area (Å²) >= 11 is 0. The number of ether oxygens (including phenoxy) is 3. The van der Waals surface area contributed by atoms with Crippen molar-refractivity contribution in [3.63, 3.8) is 0 Å². The van der Waals surface area contributed by atoms with Crippen LogP contribution in [-0.4, -0.2) is 25.0 Å². The molecule has 0 bridgehead atoms. The molecule has 1 saturated carbocycles. The summed E-state index contributed by atoms with van der Waals surface area (Å²) in [7, 11) is 1.33. The first-order valence-corrected chi connectivity index (χ1v) is 11.5. The molecule has 0 aromatic heterocycles. The van der Waals surface area contributed by atoms with Gasteiger partial charge in [0.2, 0.25) is 5.91 Å². The lowest BCUT2D eigenvalue weighted by molar-refractivity contribution is -0.145. The molecule has 0 heterocycles. The fourth-order valence-electron chi connectivity index (χ4n) is 3.59. The van der Waals surface area contributed by atoms with Gasteiger partial charge < -0.3 is 19.5 Å². The van der Waals surface area contributed by atoms with Gasteiger partial charge in [0.15, 0.2) is 11.5 Å². The van der Waals surface area contributed by atoms with E-state index in [1.165, 1.54) is 7.11 Å². The standard InChI is InChI=1S/C28H29NO5/c1-32-28(31)24(29-27(30)23-13-14-23)16-22-12-15-25(33-18-20-8-4-2-5-9-20)26(17-22)34-19-21-10-6-3-7-11-21/h2-12,15,17,23-24H,13-14,16,18-19H2,1H3,(H,29,30)/t24-/m1/s1. The van der Waals surface area contributed by atoms with Crippen LogP contribution in [0.4, 0.5) is 0 Å². The minimum atomic E-state index is -0.754. The van der Waals surface area contributed by atoms with Crippen LogP contribution >= 0.6 is 0 Å². The molecule has 0 aliphatic heterocycles. The lowest BCUT2D eigenvalue weighted by Gasteiger charge is -2.18. The van der Waals surface area contributed by atoms with E-state index in [4.69, 9.17) is 14.2 Å². The highest BCUT2D eigenvalue weighted by Gasteiger charge is 2.33. The van der Waals surface area contributed by atoms with Crippen LogP contribution in [0, 0.1) is 5.92 Å². The highest BCUT2D eigenvalue weighted by Crippen LogP contribution is 2.31. The Morgan fingerprint density at radius 2 is 1.41 bits per heavy atom. The summed E-state index contributed by atoms with van der Waals surface area (Å²) in [6.07, 6.45) is 2.03. The predicted molar refractivity (Wildman–Crippen MR) is 128 cm³/mol. The fraction of sp³-hybridized carbons (Fsp3) is 0.286. The van der Waals surface area contributed by atoms with Gasteiger partial charge in [-0.3, -0.25) is 4.79 Å². The molecule has 0 saturated heterocycles. The number of hydrogen-bond acceptors (Lipinski definition) is 5. The molecule has 6 nitrogen and oxygen atoms in total. The maximum atomic E-state index is 12.3. The SMILES string of the molecule is COC(=O)[C@@H](Cc1ccc(OCc2ccccc2)c(OCc2ccccc2)c1)NC(=O)C1CC1. The molecule has 6 heteroatoms. The highest BCUT2D eigenvalue weighted by molar-refractivity contribution is 5.87. The summed E-state index contributed by atoms with van der Waals surface area (Å²) in [5.41, 5.74) is 2.92. The maximum Gasteiger partial charge on any atom is 0.328 e. The molecular weight excluding hydrogens is 430 g/mol. The zero-order valence-corrected chi connectivity index (χ0v) is 19.2. The Bertz CT molecular complexity index is 1100. The van der Waals surface area contributed by atoms with E-state index >= 15 is 0 Å². The lowest BCUT2D eigenvalue weighted by Crippen LogP contribution is -2.43. The average molecular weight is 460 g/mol. The van der Waals surface area contributed by atoms with E-state index in [0.29, 0.717) is 31.1 Å². The predicted octanol–water partition coefficient (Wildman–Crippen LogP) is 4.45. The van der Waals surface area contributed by atoms with E-state index in [-0.39, 0.29) is 11.8 Å². The number of carbonyl (C=O) groups is 2. The molecule has 1 amide bonds. The zero-order chi connectivity index (χ0) is 23.8. The van der Waals surface area contributed by atoms with Crippen LogP contribution in [0.3, 0.4) is 0 Å². The van der Waals surface area contributed by atoms with Crippen LogP contribution in [0.15, 0.2) is 78.9 Å². The quantitative estimate of drug-likeness (QED) is 0.429. The molecule has 1 aliphatic rings. The van der Waals surface area contributed by atoms with Crippen LogP contribution in [-0.2, 0) is 34.0 Å². The van der Waals surface area contributed by atoms with Crippen molar-refractivity contribution in [2.24, 2.45) is 5.92 Å². The smallest absolute Gasteiger partial charge is 0.328 e. The molecular formula is C28H29NO5. The van der Waals surface area contributed by atoms with E-state index in [2.05, 4.69) is 5.32 Å². The molecule has 1 aliphatic carbocycles. The van der Waals surface area contributed by atoms with Crippen molar-refractivity contribution in [2.45, 2.75) is 38.5 Å². The summed E-state index contributed by atoms with van der Waals surface area (Å²) in [5, 5.41) is 2.83. The van der Waals surface area contributed by atoms with Gasteiger partial charge in [0.1, 0.15) is 19.3 Å². The van der Waals surface area contributed by atoms with Crippen LogP contribution in [0.25, 0.3) is 0 Å². The van der Waals surface area contributed by atoms with Crippen molar-refractivity contribution in [1.29, 1.82) is 0 Å². The van der Waals surface area contributed by atoms with Gasteiger partial charge in [-0.1, -0.05) is 66.7 Å². The largest absolute Gasteiger partial charge is 0.485 e. The monoisotopic (exact) mass is 459 g/mol. The first kappa shape index (κ1) is 23.4. The Morgan fingerprint density at radius 3 is 1.97 bits per heavy atom. The number of benzene rings is 3. The van der Waals surface area contributed by atoms with Crippen molar-refractivity contribution >= 4 is 11.9 Å². The molecule has 1 fully saturated rings. The van der Waals surface area contributed by atoms with Crippen molar-refractivity contribution in [3.8, 4) is 11.5 Å². The second kappa shape index (κ2) is 11.4. The number of amides is 1. The Hall–Kier alpha value is -3.80. The van der Waals surface area contributed by atoms with Gasteiger partial charge in [0.25, 0.3) is 0 Å². The Morgan fingerprint density at radius 1 is 0.824 bits per heavy atom. The molecule has 176 valence electrons. The van der Waals surface area contributed by atoms with E-state index < -0.39 is 12.0 Å². The van der Waals surface area contributed by atoms with Crippen molar-refractivity contribution in [1.82, 2.24) is 5.32 Å². The van der Waals surface area contributed by atoms with Crippen LogP contribution in [0.1, 0.15) is 29.5 Å². The first-order valence-electron chi connectivity index (χ1n) is 11.5. The molecule has 0 unspecified atom stereocenters. The van der Waals surface area contributed by atoms with E-state index in [9.17, 15) is 9.59 Å². The molecule has 0 spiro atoms. The van der Waals surface area contributed by atoms with Crippen LogP contribution < -0.4 is 14.8 Å². The second-order valence-corrected chi connectivity index (χ2v) is 8.39. The van der Waals surface area contributed by atoms with Gasteiger partial charge in [0.05, 0.1) is 7.11 Å². The number of nitrogens with one attached hydrogen (secondary N) is 1. The van der Waals surface area contributed by atoms with Gasteiger partial charge in [-0.05, 0) is 41.7 Å². The van der Waals surface area contributed by atoms with E-state index in [1.807, 2.05) is 78.9 Å². The van der Waals surface area contributed by atoms with Crippen molar-refractivity contribution in [3.05, 3.63) is 95.6 Å². The van der Waals surface area contributed by atoms with Crippen LogP contribution in [0.5, 0.6) is 11.5 Å². The number of methoxy groups -OCH3 is 1. The third-order valence-corrected chi connectivity index (χ3v) is 5.67. The summed E-state index contributed by atoms with van der Waals surface area (Å²) in [6.45, 7) is 0.787. The Kier molecular flexibility index (Phi) is 7.81. The molecule has 3 aromatic carbocycles. The third kappa shape index (κ3) is 6.61. The van der Waals surface area contributed by atoms with Crippen molar-refractivity contribution < 1.29 is 23.8 Å². The molecule has 1 atom stereocenters. The zero-order valence-electron chi connectivity index (χ0n) is 19.2. The van der Waals surface area contributed by atoms with E-state index in [1.54, 1.807) is 0 Å². The minimum absolute atomic E-state index is 0.00526. The van der Waals surface area contributed by atoms with Gasteiger partial charge in [-0.25, -0.2) is 4.79 Å². The topological polar surface area (TPSA) is 73.9 Å². The highest BCUT2D eigenvalue weighted by atomic mass is 16.5. The first-order chi connectivity index (χ1) is 16.6. The molecule has 4 rings (SSSR count). The van der Waals surface area contributed by atoms with Gasteiger partial charge >= 0.3 is 5.97 Å². The molecule has 1 N–H and O–H groups in total. The summed E-state index contributed by atoms with van der Waals surface area (Å²) in [4.78, 5) is 24.6. The maximum absolute atomic E-state index is 12.3. The number of rotatable bonds is 11.